The number of alkyl halides is 1. The van der Waals surface area contributed by atoms with Gasteiger partial charge in [-0.3, -0.25) is 14.3 Å². The van der Waals surface area contributed by atoms with Crippen LogP contribution >= 0.6 is 11.6 Å². The van der Waals surface area contributed by atoms with Crippen molar-refractivity contribution in [2.45, 2.75) is 44.6 Å². The Morgan fingerprint density at radius 1 is 1.00 bits per heavy atom. The Morgan fingerprint density at radius 3 is 2.53 bits per heavy atom. The van der Waals surface area contributed by atoms with E-state index in [0.717, 1.165) is 10.9 Å². The van der Waals surface area contributed by atoms with Crippen molar-refractivity contribution in [1.82, 2.24) is 29.3 Å². The van der Waals surface area contributed by atoms with Crippen LogP contribution < -0.4 is 15.2 Å². The molecule has 2 aliphatic rings. The molecule has 0 bridgehead atoms. The van der Waals surface area contributed by atoms with Crippen molar-refractivity contribution in [1.29, 1.82) is 5.26 Å². The van der Waals surface area contributed by atoms with E-state index in [1.54, 1.807) is 17.9 Å². The number of aromatic nitrogens is 4. The SMILES string of the molecule is Cc1nc2c(N3CCN(C(=O)OCc4ccccc4)[C@@H](CC#N)C3)nc(OC[C@@H]3C[C@@H](F)CN3C)nc2c(=O)n1-c1cccc2cccc(Cl)c12. The molecule has 3 atom stereocenters. The normalized spacial score (nSPS) is 19.4. The van der Waals surface area contributed by atoms with Gasteiger partial charge in [-0.25, -0.2) is 14.2 Å². The number of nitriles is 1. The van der Waals surface area contributed by atoms with E-state index in [4.69, 9.17) is 31.0 Å². The minimum absolute atomic E-state index is 0.0225. The van der Waals surface area contributed by atoms with Crippen molar-refractivity contribution < 1.29 is 18.7 Å². The van der Waals surface area contributed by atoms with Gasteiger partial charge in [0, 0.05) is 37.6 Å². The van der Waals surface area contributed by atoms with Crippen molar-refractivity contribution in [2.24, 2.45) is 0 Å². The van der Waals surface area contributed by atoms with Crippen LogP contribution in [0.5, 0.6) is 6.01 Å². The number of aryl methyl sites for hydroxylation is 1. The summed E-state index contributed by atoms with van der Waals surface area (Å²) in [6, 6.07) is 21.9. The number of likely N-dealkylation sites (N-methyl/N-ethyl adjacent to an activating group) is 1. The fourth-order valence-corrected chi connectivity index (χ4v) is 7.20. The van der Waals surface area contributed by atoms with E-state index in [-0.39, 0.29) is 55.8 Å². The molecule has 4 heterocycles. The third kappa shape index (κ3) is 6.89. The van der Waals surface area contributed by atoms with Crippen LogP contribution in [0.1, 0.15) is 24.2 Å². The summed E-state index contributed by atoms with van der Waals surface area (Å²) in [4.78, 5) is 47.3. The zero-order valence-electron chi connectivity index (χ0n) is 28.2. The number of rotatable bonds is 8. The molecule has 0 N–H and O–H groups in total. The number of likely N-dealkylation sites (tertiary alicyclic amines) is 1. The van der Waals surface area contributed by atoms with E-state index in [0.29, 0.717) is 47.2 Å². The Balaban J connectivity index is 1.27. The molecule has 0 saturated carbocycles. The Morgan fingerprint density at radius 2 is 1.78 bits per heavy atom. The van der Waals surface area contributed by atoms with Gasteiger partial charge in [0.1, 0.15) is 30.7 Å². The second-order valence-electron chi connectivity index (χ2n) is 12.9. The summed E-state index contributed by atoms with van der Waals surface area (Å²) >= 11 is 6.66. The summed E-state index contributed by atoms with van der Waals surface area (Å²) in [5, 5.41) is 11.8. The topological polar surface area (TPSA) is 130 Å². The highest BCUT2D eigenvalue weighted by Gasteiger charge is 2.35. The summed E-state index contributed by atoms with van der Waals surface area (Å²) in [5.74, 6) is 0.721. The van der Waals surface area contributed by atoms with Gasteiger partial charge in [-0.05, 0) is 43.5 Å². The fourth-order valence-electron chi connectivity index (χ4n) is 6.92. The molecule has 3 aromatic carbocycles. The van der Waals surface area contributed by atoms with Gasteiger partial charge in [-0.2, -0.15) is 15.2 Å². The number of amides is 1. The number of carbonyl (C=O) groups is 1. The average Bonchev–Trinajstić information content (AvgIpc) is 3.46. The minimum atomic E-state index is -0.962. The van der Waals surface area contributed by atoms with Crippen LogP contribution in [0.15, 0.2) is 71.5 Å². The number of nitrogens with zero attached hydrogens (tertiary/aromatic N) is 8. The number of hydrogen-bond donors (Lipinski definition) is 0. The van der Waals surface area contributed by atoms with E-state index in [1.807, 2.05) is 77.5 Å². The van der Waals surface area contributed by atoms with Gasteiger partial charge >= 0.3 is 12.1 Å². The molecule has 12 nitrogen and oxygen atoms in total. The number of piperazine rings is 1. The zero-order valence-corrected chi connectivity index (χ0v) is 29.0. The lowest BCUT2D eigenvalue weighted by atomic mass is 10.1. The number of halogens is 2. The maximum atomic E-state index is 14.5. The summed E-state index contributed by atoms with van der Waals surface area (Å²) in [7, 11) is 1.83. The van der Waals surface area contributed by atoms with Crippen molar-refractivity contribution in [3.63, 3.8) is 0 Å². The molecule has 1 amide bonds. The Bertz CT molecular complexity index is 2190. The summed E-state index contributed by atoms with van der Waals surface area (Å²) in [6.07, 6.45) is -1.13. The van der Waals surface area contributed by atoms with Crippen LogP contribution in [0.2, 0.25) is 5.02 Å². The summed E-state index contributed by atoms with van der Waals surface area (Å²) in [6.45, 7) is 3.02. The summed E-state index contributed by atoms with van der Waals surface area (Å²) in [5.41, 5.74) is 1.23. The van der Waals surface area contributed by atoms with E-state index in [9.17, 15) is 19.2 Å². The first-order chi connectivity index (χ1) is 24.7. The third-order valence-electron chi connectivity index (χ3n) is 9.51. The molecule has 2 saturated heterocycles. The van der Waals surface area contributed by atoms with Crippen LogP contribution in [0, 0.1) is 18.3 Å². The predicted molar refractivity (Wildman–Crippen MR) is 191 cm³/mol. The first-order valence-electron chi connectivity index (χ1n) is 16.8. The predicted octanol–water partition coefficient (Wildman–Crippen LogP) is 5.45. The second kappa shape index (κ2) is 14.5. The van der Waals surface area contributed by atoms with Crippen LogP contribution in [-0.4, -0.2) is 93.5 Å². The molecule has 7 rings (SSSR count). The second-order valence-corrected chi connectivity index (χ2v) is 13.3. The van der Waals surface area contributed by atoms with Crippen LogP contribution in [0.3, 0.4) is 0 Å². The van der Waals surface area contributed by atoms with Crippen molar-refractivity contribution in [3.8, 4) is 17.8 Å². The third-order valence-corrected chi connectivity index (χ3v) is 9.83. The van der Waals surface area contributed by atoms with Crippen LogP contribution in [0.4, 0.5) is 15.0 Å². The average molecular weight is 711 g/mol. The molecule has 14 heteroatoms. The lowest BCUT2D eigenvalue weighted by Crippen LogP contribution is -2.55. The number of ether oxygens (including phenoxy) is 2. The minimum Gasteiger partial charge on any atom is -0.462 e. The van der Waals surface area contributed by atoms with Crippen molar-refractivity contribution >= 4 is 45.3 Å². The molecule has 5 aromatic rings. The molecule has 262 valence electrons. The van der Waals surface area contributed by atoms with E-state index < -0.39 is 23.9 Å². The van der Waals surface area contributed by atoms with Gasteiger partial charge < -0.3 is 19.3 Å². The molecule has 2 aromatic heterocycles. The van der Waals surface area contributed by atoms with E-state index >= 15 is 0 Å². The molecule has 0 aliphatic carbocycles. The van der Waals surface area contributed by atoms with Gasteiger partial charge in [0.25, 0.3) is 5.56 Å². The van der Waals surface area contributed by atoms with Crippen LogP contribution in [0.25, 0.3) is 27.5 Å². The number of carbonyl (C=O) groups excluding carboxylic acids is 1. The molecule has 0 radical (unpaired) electrons. The van der Waals surface area contributed by atoms with Crippen LogP contribution in [-0.2, 0) is 11.3 Å². The van der Waals surface area contributed by atoms with Gasteiger partial charge in [-0.15, -0.1) is 0 Å². The van der Waals surface area contributed by atoms with Gasteiger partial charge in [0.2, 0.25) is 0 Å². The van der Waals surface area contributed by atoms with E-state index in [2.05, 4.69) is 11.1 Å². The largest absolute Gasteiger partial charge is 0.462 e. The molecule has 0 unspecified atom stereocenters. The number of fused-ring (bicyclic) bond motifs is 2. The number of benzene rings is 3. The Labute approximate surface area is 298 Å². The molecule has 0 spiro atoms. The molecular weight excluding hydrogens is 675 g/mol. The van der Waals surface area contributed by atoms with Gasteiger partial charge in [-0.1, -0.05) is 66.2 Å². The first kappa shape index (κ1) is 34.1. The Kier molecular flexibility index (Phi) is 9.71. The maximum absolute atomic E-state index is 14.5. The summed E-state index contributed by atoms with van der Waals surface area (Å²) < 4.78 is 27.3. The van der Waals surface area contributed by atoms with Gasteiger partial charge in [0.05, 0.1) is 29.2 Å². The number of hydrogen-bond acceptors (Lipinski definition) is 10. The van der Waals surface area contributed by atoms with Crippen molar-refractivity contribution in [3.05, 3.63) is 93.5 Å². The number of anilines is 1. The Hall–Kier alpha value is -5.32. The molecular formula is C37H36ClFN8O4. The van der Waals surface area contributed by atoms with E-state index in [1.165, 1.54) is 4.57 Å². The smallest absolute Gasteiger partial charge is 0.410 e. The standard InChI is InChI=1S/C37H36ClFN8O4/c1-23-41-32-33(35(48)47(23)30-13-7-11-25-10-6-12-29(38)31(25)30)42-36(50-22-28-18-26(39)19-44(28)2)43-34(32)45-16-17-46(27(20-45)14-15-40)37(49)51-21-24-8-4-3-5-9-24/h3-13,26-28H,14,16-22H2,1-2H3/t26-,27+,28+/m1/s1. The highest BCUT2D eigenvalue weighted by molar-refractivity contribution is 6.36. The van der Waals surface area contributed by atoms with Crippen molar-refractivity contribution in [2.75, 3.05) is 44.7 Å². The first-order valence-corrected chi connectivity index (χ1v) is 17.1. The molecule has 2 fully saturated rings. The highest BCUT2D eigenvalue weighted by Crippen LogP contribution is 2.32. The zero-order chi connectivity index (χ0) is 35.6. The molecule has 51 heavy (non-hydrogen) atoms. The van der Waals surface area contributed by atoms with Gasteiger partial charge in [0.15, 0.2) is 11.3 Å². The maximum Gasteiger partial charge on any atom is 0.410 e. The lowest BCUT2D eigenvalue weighted by Gasteiger charge is -2.40. The highest BCUT2D eigenvalue weighted by atomic mass is 35.5. The lowest BCUT2D eigenvalue weighted by molar-refractivity contribution is 0.0768. The molecule has 2 aliphatic heterocycles. The quantitative estimate of drug-likeness (QED) is 0.205. The fraction of sp³-hybridized carbons (Fsp3) is 0.351. The monoisotopic (exact) mass is 710 g/mol.